The van der Waals surface area contributed by atoms with Crippen LogP contribution in [-0.2, 0) is 13.0 Å². The summed E-state index contributed by atoms with van der Waals surface area (Å²) in [4.78, 5) is 31.2. The van der Waals surface area contributed by atoms with Gasteiger partial charge in [-0.3, -0.25) is 4.79 Å². The van der Waals surface area contributed by atoms with Crippen LogP contribution in [0.15, 0.2) is 103 Å². The van der Waals surface area contributed by atoms with Crippen LogP contribution in [0.4, 0.5) is 4.79 Å². The number of urea groups is 1. The molecule has 276 valence electrons. The number of benzene rings is 4. The average Bonchev–Trinajstić information content (AvgIpc) is 3.68. The molecular formula is C46H52N2O4S. The predicted octanol–water partition coefficient (Wildman–Crippen LogP) is 9.94. The van der Waals surface area contributed by atoms with Gasteiger partial charge in [0, 0.05) is 28.3 Å². The minimum absolute atomic E-state index is 0.0212. The lowest BCUT2D eigenvalue weighted by Crippen LogP contribution is -2.55. The fourth-order valence-electron chi connectivity index (χ4n) is 8.91. The number of aliphatic hydroxyl groups excluding tert-OH is 1. The highest BCUT2D eigenvalue weighted by molar-refractivity contribution is 7.21. The normalized spacial score (nSPS) is 23.5. The summed E-state index contributed by atoms with van der Waals surface area (Å²) >= 11 is 1.51. The van der Waals surface area contributed by atoms with Crippen molar-refractivity contribution in [3.8, 4) is 0 Å². The molecule has 53 heavy (non-hydrogen) atoms. The summed E-state index contributed by atoms with van der Waals surface area (Å²) in [7, 11) is 0. The lowest BCUT2D eigenvalue weighted by Gasteiger charge is -2.46. The molecular weight excluding hydrogens is 677 g/mol. The number of hydrogen-bond donors (Lipinski definition) is 3. The van der Waals surface area contributed by atoms with E-state index in [1.165, 1.54) is 16.9 Å². The van der Waals surface area contributed by atoms with Gasteiger partial charge in [-0.05, 0) is 123 Å². The Labute approximate surface area is 317 Å². The zero-order chi connectivity index (χ0) is 37.3. The van der Waals surface area contributed by atoms with E-state index in [4.69, 9.17) is 0 Å². The van der Waals surface area contributed by atoms with E-state index < -0.39 is 17.1 Å². The van der Waals surface area contributed by atoms with Crippen molar-refractivity contribution in [3.05, 3.63) is 130 Å². The molecule has 0 spiro atoms. The first kappa shape index (κ1) is 37.0. The highest BCUT2D eigenvalue weighted by Gasteiger charge is 2.57. The molecule has 0 aliphatic heterocycles. The number of nitrogens with zero attached hydrogens (tertiary/aromatic N) is 1. The Morgan fingerprint density at radius 1 is 0.943 bits per heavy atom. The summed E-state index contributed by atoms with van der Waals surface area (Å²) in [6.07, 6.45) is 6.24. The van der Waals surface area contributed by atoms with Gasteiger partial charge in [0.15, 0.2) is 0 Å². The van der Waals surface area contributed by atoms with E-state index in [1.807, 2.05) is 68.4 Å². The van der Waals surface area contributed by atoms with Gasteiger partial charge < -0.3 is 20.4 Å². The molecule has 4 atom stereocenters. The Kier molecular flexibility index (Phi) is 10.6. The maximum atomic E-state index is 14.6. The van der Waals surface area contributed by atoms with E-state index in [0.717, 1.165) is 50.4 Å². The van der Waals surface area contributed by atoms with Crippen LogP contribution in [-0.4, -0.2) is 51.2 Å². The first-order valence-corrected chi connectivity index (χ1v) is 20.0. The fourth-order valence-corrected chi connectivity index (χ4v) is 9.93. The number of hydrogen-bond acceptors (Lipinski definition) is 5. The highest BCUT2D eigenvalue weighted by Crippen LogP contribution is 2.59. The van der Waals surface area contributed by atoms with Crippen molar-refractivity contribution in [2.45, 2.75) is 103 Å². The van der Waals surface area contributed by atoms with Gasteiger partial charge in [-0.15, -0.1) is 11.3 Å². The topological polar surface area (TPSA) is 89.9 Å². The number of rotatable bonds is 7. The second-order valence-electron chi connectivity index (χ2n) is 16.0. The molecule has 1 aromatic heterocycles. The van der Waals surface area contributed by atoms with Crippen molar-refractivity contribution in [1.29, 1.82) is 0 Å². The maximum absolute atomic E-state index is 14.6. The van der Waals surface area contributed by atoms with Gasteiger partial charge in [-0.1, -0.05) is 91.4 Å². The maximum Gasteiger partial charge on any atom is 0.317 e. The van der Waals surface area contributed by atoms with Crippen LogP contribution in [0, 0.1) is 5.41 Å². The van der Waals surface area contributed by atoms with Gasteiger partial charge in [0.2, 0.25) is 5.78 Å². The third-order valence-corrected chi connectivity index (χ3v) is 13.1. The molecule has 3 aliphatic rings. The van der Waals surface area contributed by atoms with Crippen LogP contribution in [0.2, 0.25) is 0 Å². The molecule has 5 aromatic rings. The zero-order valence-corrected chi connectivity index (χ0v) is 32.2. The van der Waals surface area contributed by atoms with E-state index in [-0.39, 0.29) is 30.3 Å². The second-order valence-corrected chi connectivity index (χ2v) is 17.1. The van der Waals surface area contributed by atoms with E-state index in [0.29, 0.717) is 49.1 Å². The van der Waals surface area contributed by atoms with Gasteiger partial charge in [0.05, 0.1) is 23.1 Å². The Balaban J connectivity index is 1.31. The number of thiophene rings is 1. The Morgan fingerprint density at radius 2 is 1.70 bits per heavy atom. The number of ketones is 1. The zero-order valence-electron chi connectivity index (χ0n) is 31.4. The van der Waals surface area contributed by atoms with Gasteiger partial charge in [-0.25, -0.2) is 4.79 Å². The van der Waals surface area contributed by atoms with E-state index in [9.17, 15) is 19.8 Å². The smallest absolute Gasteiger partial charge is 0.317 e. The third kappa shape index (κ3) is 7.57. The van der Waals surface area contributed by atoms with Crippen LogP contribution in [0.5, 0.6) is 0 Å². The Bertz CT molecular complexity index is 2130. The largest absolute Gasteiger partial charge is 0.393 e. The molecule has 2 amide bonds. The molecule has 3 N–H and O–H groups in total. The monoisotopic (exact) mass is 728 g/mol. The van der Waals surface area contributed by atoms with Gasteiger partial charge in [0.1, 0.15) is 0 Å². The molecule has 8 rings (SSSR count). The summed E-state index contributed by atoms with van der Waals surface area (Å²) in [6.45, 7) is 8.74. The first-order chi connectivity index (χ1) is 25.4. The lowest BCUT2D eigenvalue weighted by molar-refractivity contribution is -0.0780. The number of carbonyl (C=O) groups is 2. The number of amides is 2. The van der Waals surface area contributed by atoms with Crippen molar-refractivity contribution >= 4 is 44.0 Å². The molecule has 2 bridgehead atoms. The molecule has 4 aromatic carbocycles. The summed E-state index contributed by atoms with van der Waals surface area (Å²) in [5.41, 5.74) is 2.88. The van der Waals surface area contributed by atoms with E-state index in [2.05, 4.69) is 61.6 Å². The minimum Gasteiger partial charge on any atom is -0.393 e. The van der Waals surface area contributed by atoms with Gasteiger partial charge >= 0.3 is 6.03 Å². The van der Waals surface area contributed by atoms with Gasteiger partial charge in [0.25, 0.3) is 0 Å². The van der Waals surface area contributed by atoms with E-state index >= 15 is 0 Å². The van der Waals surface area contributed by atoms with E-state index in [1.54, 1.807) is 4.90 Å². The molecule has 0 saturated heterocycles. The van der Waals surface area contributed by atoms with Crippen molar-refractivity contribution in [2.75, 3.05) is 6.54 Å². The Morgan fingerprint density at radius 3 is 2.49 bits per heavy atom. The van der Waals surface area contributed by atoms with Crippen LogP contribution in [0.1, 0.15) is 104 Å². The molecule has 1 saturated carbocycles. The SMILES string of the molecule is CC1=CCCC2(C)C(CCC2(O)CN(Cc2cccc3ccccc23)C(=O)NC(C)C)c2ccc(cc2C(=O)c2cc3ccccc3s2)CC(O)CC1. The van der Waals surface area contributed by atoms with Crippen LogP contribution in [0.3, 0.4) is 0 Å². The van der Waals surface area contributed by atoms with Crippen LogP contribution < -0.4 is 5.32 Å². The van der Waals surface area contributed by atoms with Crippen molar-refractivity contribution in [1.82, 2.24) is 10.2 Å². The lowest BCUT2D eigenvalue weighted by atomic mass is 9.64. The fraction of sp³-hybridized carbons (Fsp3) is 0.391. The van der Waals surface area contributed by atoms with Crippen LogP contribution >= 0.6 is 11.3 Å². The minimum atomic E-state index is -1.23. The second kappa shape index (κ2) is 15.2. The average molecular weight is 729 g/mol. The molecule has 7 heteroatoms. The molecule has 1 fully saturated rings. The molecule has 6 nitrogen and oxygen atoms in total. The predicted molar refractivity (Wildman–Crippen MR) is 217 cm³/mol. The summed E-state index contributed by atoms with van der Waals surface area (Å²) < 4.78 is 1.07. The van der Waals surface area contributed by atoms with Crippen molar-refractivity contribution in [2.24, 2.45) is 5.41 Å². The van der Waals surface area contributed by atoms with Crippen molar-refractivity contribution < 1.29 is 19.8 Å². The number of aliphatic hydroxyl groups is 2. The third-order valence-electron chi connectivity index (χ3n) is 12.0. The van der Waals surface area contributed by atoms with Crippen LogP contribution in [0.25, 0.3) is 20.9 Å². The summed E-state index contributed by atoms with van der Waals surface area (Å²) in [6, 6.07) is 30.4. The summed E-state index contributed by atoms with van der Waals surface area (Å²) in [5, 5.41) is 30.5. The first-order valence-electron chi connectivity index (χ1n) is 19.2. The molecule has 0 radical (unpaired) electrons. The molecule has 4 unspecified atom stereocenters. The quantitative estimate of drug-likeness (QED) is 0.115. The standard InChI is InChI=1S/C46H52N2O4S/c1-30(2)47-44(51)48(28-35-15-9-14-33-12-5-7-16-37(33)35)29-46(52)24-22-40-38-21-19-32(25-36(49)20-18-31(3)11-10-23-45(40,46)4)26-39(38)43(50)42-27-34-13-6-8-17-41(34)53-42/h5-9,11-17,19,21,26-27,30,36,40,49,52H,10,18,20,22-25,28-29H2,1-4H3,(H,47,51). The number of carbonyl (C=O) groups excluding carboxylic acids is 2. The Hall–Kier alpha value is -4.30. The molecule has 1 heterocycles. The highest BCUT2D eigenvalue weighted by atomic mass is 32.1. The summed E-state index contributed by atoms with van der Waals surface area (Å²) in [5.74, 6) is -0.156. The number of nitrogens with one attached hydrogen (secondary N) is 1. The van der Waals surface area contributed by atoms with Crippen molar-refractivity contribution in [3.63, 3.8) is 0 Å². The number of allylic oxidation sites excluding steroid dienone is 2. The number of fused-ring (bicyclic) bond motifs is 10. The molecule has 3 aliphatic carbocycles. The van der Waals surface area contributed by atoms with Gasteiger partial charge in [-0.2, -0.15) is 0 Å².